The Morgan fingerprint density at radius 3 is 2.26 bits per heavy atom. The Balaban J connectivity index is 4.41. The topological polar surface area (TPSA) is 101 Å². The molecular formula is C12H23NO5S. The number of carbonyl (C=O) groups is 2. The zero-order valence-corrected chi connectivity index (χ0v) is 12.5. The van der Waals surface area contributed by atoms with Gasteiger partial charge in [-0.15, -0.1) is 0 Å². The lowest BCUT2D eigenvalue weighted by molar-refractivity contribution is -0.140. The van der Waals surface area contributed by atoms with Crippen LogP contribution in [0.2, 0.25) is 0 Å². The van der Waals surface area contributed by atoms with Gasteiger partial charge in [-0.1, -0.05) is 26.7 Å². The molecule has 0 saturated heterocycles. The SMILES string of the molecule is CCCCCNC(=O)C(C)S(=O)(=O)CC(C)C(=O)O. The lowest BCUT2D eigenvalue weighted by atomic mass is 10.2. The highest BCUT2D eigenvalue weighted by molar-refractivity contribution is 7.92. The highest BCUT2D eigenvalue weighted by Gasteiger charge is 2.31. The van der Waals surface area contributed by atoms with Crippen molar-refractivity contribution >= 4 is 21.7 Å². The van der Waals surface area contributed by atoms with Gasteiger partial charge in [-0.25, -0.2) is 8.42 Å². The maximum absolute atomic E-state index is 11.9. The zero-order chi connectivity index (χ0) is 15.1. The molecule has 0 aliphatic carbocycles. The summed E-state index contributed by atoms with van der Waals surface area (Å²) in [5.41, 5.74) is 0. The highest BCUT2D eigenvalue weighted by atomic mass is 32.2. The van der Waals surface area contributed by atoms with Gasteiger partial charge in [0.05, 0.1) is 11.7 Å². The molecule has 19 heavy (non-hydrogen) atoms. The molecule has 7 heteroatoms. The molecule has 0 radical (unpaired) electrons. The van der Waals surface area contributed by atoms with E-state index in [1.807, 2.05) is 6.92 Å². The van der Waals surface area contributed by atoms with E-state index < -0.39 is 38.6 Å². The molecule has 0 bridgehead atoms. The van der Waals surface area contributed by atoms with Crippen LogP contribution in [-0.2, 0) is 19.4 Å². The fourth-order valence-electron chi connectivity index (χ4n) is 1.46. The zero-order valence-electron chi connectivity index (χ0n) is 11.7. The van der Waals surface area contributed by atoms with E-state index in [1.165, 1.54) is 13.8 Å². The first kappa shape index (κ1) is 17.9. The third-order valence-electron chi connectivity index (χ3n) is 2.89. The Kier molecular flexibility index (Phi) is 7.66. The van der Waals surface area contributed by atoms with Gasteiger partial charge in [0, 0.05) is 6.54 Å². The molecule has 0 rings (SSSR count). The molecule has 0 spiro atoms. The Hall–Kier alpha value is -1.11. The summed E-state index contributed by atoms with van der Waals surface area (Å²) in [4.78, 5) is 22.3. The molecule has 0 aromatic heterocycles. The Labute approximate surface area is 114 Å². The van der Waals surface area contributed by atoms with Crippen molar-refractivity contribution in [2.75, 3.05) is 12.3 Å². The standard InChI is InChI=1S/C12H23NO5S/c1-4-5-6-7-13-11(14)10(3)19(17,18)8-9(2)12(15)16/h9-10H,4-8H2,1-3H3,(H,13,14)(H,15,16). The Bertz CT molecular complexity index is 404. The number of unbranched alkanes of at least 4 members (excludes halogenated alkanes) is 2. The van der Waals surface area contributed by atoms with E-state index in [2.05, 4.69) is 5.32 Å². The van der Waals surface area contributed by atoms with E-state index in [4.69, 9.17) is 5.11 Å². The van der Waals surface area contributed by atoms with Crippen LogP contribution in [0.4, 0.5) is 0 Å². The number of sulfone groups is 1. The number of carboxylic acids is 1. The van der Waals surface area contributed by atoms with Crippen molar-refractivity contribution < 1.29 is 23.1 Å². The Morgan fingerprint density at radius 2 is 1.79 bits per heavy atom. The average molecular weight is 293 g/mol. The molecular weight excluding hydrogens is 270 g/mol. The molecule has 2 N–H and O–H groups in total. The number of rotatable bonds is 9. The predicted octanol–water partition coefficient (Wildman–Crippen LogP) is 0.817. The van der Waals surface area contributed by atoms with E-state index in [0.29, 0.717) is 6.54 Å². The first-order chi connectivity index (χ1) is 8.72. The van der Waals surface area contributed by atoms with Crippen molar-refractivity contribution in [2.45, 2.75) is 45.3 Å². The van der Waals surface area contributed by atoms with Crippen LogP contribution in [-0.4, -0.2) is 42.9 Å². The summed E-state index contributed by atoms with van der Waals surface area (Å²) in [5.74, 6) is -3.28. The fraction of sp³-hybridized carbons (Fsp3) is 0.833. The lowest BCUT2D eigenvalue weighted by Gasteiger charge is -2.14. The summed E-state index contributed by atoms with van der Waals surface area (Å²) in [6.45, 7) is 5.08. The second-order valence-electron chi connectivity index (χ2n) is 4.71. The van der Waals surface area contributed by atoms with Crippen molar-refractivity contribution in [1.29, 1.82) is 0 Å². The molecule has 2 atom stereocenters. The summed E-state index contributed by atoms with van der Waals surface area (Å²) in [6, 6.07) is 0. The van der Waals surface area contributed by atoms with Gasteiger partial charge in [0.2, 0.25) is 5.91 Å². The van der Waals surface area contributed by atoms with Crippen LogP contribution in [0.5, 0.6) is 0 Å². The molecule has 1 amide bonds. The maximum atomic E-state index is 11.9. The third kappa shape index (κ3) is 6.56. The van der Waals surface area contributed by atoms with Crippen molar-refractivity contribution in [3.05, 3.63) is 0 Å². The van der Waals surface area contributed by atoms with E-state index in [9.17, 15) is 18.0 Å². The number of nitrogens with one attached hydrogen (secondary N) is 1. The fourth-order valence-corrected chi connectivity index (χ4v) is 3.00. The monoisotopic (exact) mass is 293 g/mol. The molecule has 0 aliphatic rings. The van der Waals surface area contributed by atoms with Crippen molar-refractivity contribution in [3.8, 4) is 0 Å². The molecule has 0 fully saturated rings. The van der Waals surface area contributed by atoms with E-state index >= 15 is 0 Å². The minimum absolute atomic E-state index is 0.445. The van der Waals surface area contributed by atoms with Crippen LogP contribution < -0.4 is 5.32 Å². The summed E-state index contributed by atoms with van der Waals surface area (Å²) < 4.78 is 23.7. The maximum Gasteiger partial charge on any atom is 0.307 e. The van der Waals surface area contributed by atoms with Gasteiger partial charge in [-0.3, -0.25) is 9.59 Å². The quantitative estimate of drug-likeness (QED) is 0.613. The predicted molar refractivity (Wildman–Crippen MR) is 72.6 cm³/mol. The van der Waals surface area contributed by atoms with Crippen LogP contribution in [0, 0.1) is 5.92 Å². The number of hydrogen-bond acceptors (Lipinski definition) is 4. The first-order valence-electron chi connectivity index (χ1n) is 6.44. The van der Waals surface area contributed by atoms with Gasteiger partial charge < -0.3 is 10.4 Å². The molecule has 2 unspecified atom stereocenters. The van der Waals surface area contributed by atoms with Gasteiger partial charge in [-0.05, 0) is 13.3 Å². The largest absolute Gasteiger partial charge is 0.481 e. The van der Waals surface area contributed by atoms with E-state index in [1.54, 1.807) is 0 Å². The van der Waals surface area contributed by atoms with Crippen LogP contribution in [0.15, 0.2) is 0 Å². The van der Waals surface area contributed by atoms with E-state index in [0.717, 1.165) is 19.3 Å². The second kappa shape index (κ2) is 8.14. The van der Waals surface area contributed by atoms with Crippen molar-refractivity contribution in [2.24, 2.45) is 5.92 Å². The van der Waals surface area contributed by atoms with Crippen LogP contribution in [0.3, 0.4) is 0 Å². The molecule has 0 aliphatic heterocycles. The van der Waals surface area contributed by atoms with Gasteiger partial charge in [0.1, 0.15) is 5.25 Å². The van der Waals surface area contributed by atoms with Crippen LogP contribution >= 0.6 is 0 Å². The summed E-state index contributed by atoms with van der Waals surface area (Å²) in [6.07, 6.45) is 2.79. The van der Waals surface area contributed by atoms with Gasteiger partial charge in [0.15, 0.2) is 9.84 Å². The molecule has 0 aromatic carbocycles. The van der Waals surface area contributed by atoms with Gasteiger partial charge >= 0.3 is 5.97 Å². The molecule has 0 saturated carbocycles. The number of hydrogen-bond donors (Lipinski definition) is 2. The van der Waals surface area contributed by atoms with E-state index in [-0.39, 0.29) is 0 Å². The molecule has 112 valence electrons. The minimum atomic E-state index is -3.74. The van der Waals surface area contributed by atoms with Gasteiger partial charge in [0.25, 0.3) is 0 Å². The first-order valence-corrected chi connectivity index (χ1v) is 8.16. The van der Waals surface area contributed by atoms with Crippen LogP contribution in [0.25, 0.3) is 0 Å². The van der Waals surface area contributed by atoms with Crippen LogP contribution in [0.1, 0.15) is 40.0 Å². The minimum Gasteiger partial charge on any atom is -0.481 e. The summed E-state index contributed by atoms with van der Waals surface area (Å²) in [7, 11) is -3.74. The number of carbonyl (C=O) groups excluding carboxylic acids is 1. The molecule has 0 aromatic rings. The lowest BCUT2D eigenvalue weighted by Crippen LogP contribution is -2.40. The summed E-state index contributed by atoms with van der Waals surface area (Å²) >= 11 is 0. The number of aliphatic carboxylic acids is 1. The molecule has 0 heterocycles. The van der Waals surface area contributed by atoms with Crippen molar-refractivity contribution in [1.82, 2.24) is 5.32 Å². The number of amides is 1. The summed E-state index contributed by atoms with van der Waals surface area (Å²) in [5, 5.41) is 10.0. The van der Waals surface area contributed by atoms with Gasteiger partial charge in [-0.2, -0.15) is 0 Å². The Morgan fingerprint density at radius 1 is 1.21 bits per heavy atom. The number of carboxylic acid groups (broad SMARTS) is 1. The second-order valence-corrected chi connectivity index (χ2v) is 7.08. The normalized spacial score (nSPS) is 14.7. The smallest absolute Gasteiger partial charge is 0.307 e. The third-order valence-corrected chi connectivity index (χ3v) is 5.15. The molecule has 6 nitrogen and oxygen atoms in total. The highest BCUT2D eigenvalue weighted by Crippen LogP contribution is 2.09. The van der Waals surface area contributed by atoms with Crippen molar-refractivity contribution in [3.63, 3.8) is 0 Å². The average Bonchev–Trinajstić information content (AvgIpc) is 2.32.